The summed E-state index contributed by atoms with van der Waals surface area (Å²) in [5.41, 5.74) is 1.13. The van der Waals surface area contributed by atoms with Gasteiger partial charge in [-0.1, -0.05) is 6.07 Å². The normalized spacial score (nSPS) is 15.8. The van der Waals surface area contributed by atoms with Gasteiger partial charge in [-0.15, -0.1) is 0 Å². The number of hydrogen-bond acceptors (Lipinski definition) is 7. The lowest BCUT2D eigenvalue weighted by atomic mass is 10.0. The Morgan fingerprint density at radius 3 is 2.58 bits per heavy atom. The molecule has 174 valence electrons. The topological polar surface area (TPSA) is 93.7 Å². The van der Waals surface area contributed by atoms with Crippen LogP contribution in [0.1, 0.15) is 31.4 Å². The lowest BCUT2D eigenvalue weighted by Gasteiger charge is -2.35. The van der Waals surface area contributed by atoms with Crippen LogP contribution in [0, 0.1) is 0 Å². The minimum atomic E-state index is -0.173. The number of hydrogen-bond donors (Lipinski definition) is 2. The Hall–Kier alpha value is -2.52. The van der Waals surface area contributed by atoms with Gasteiger partial charge in [0.2, 0.25) is 0 Å². The summed E-state index contributed by atoms with van der Waals surface area (Å²) in [6.07, 6.45) is 1.07. The second-order valence-electron chi connectivity index (χ2n) is 7.07. The van der Waals surface area contributed by atoms with Crippen LogP contribution >= 0.6 is 0 Å². The number of rotatable bonds is 11. The highest BCUT2D eigenvalue weighted by Crippen LogP contribution is 2.32. The smallest absolute Gasteiger partial charge is 0.305 e. The highest BCUT2D eigenvalue weighted by molar-refractivity contribution is 5.79. The Morgan fingerprint density at radius 1 is 1.19 bits per heavy atom. The van der Waals surface area contributed by atoms with Crippen molar-refractivity contribution >= 4 is 11.9 Å². The molecular weight excluding hydrogens is 400 g/mol. The summed E-state index contributed by atoms with van der Waals surface area (Å²) in [5.74, 6) is 1.94. The summed E-state index contributed by atoms with van der Waals surface area (Å²) in [5, 5.41) is 6.67. The van der Waals surface area contributed by atoms with Crippen molar-refractivity contribution in [2.45, 2.75) is 25.8 Å². The molecule has 2 rings (SSSR count). The fourth-order valence-corrected chi connectivity index (χ4v) is 3.49. The predicted octanol–water partition coefficient (Wildman–Crippen LogP) is 1.59. The van der Waals surface area contributed by atoms with Crippen LogP contribution in [0.3, 0.4) is 0 Å². The molecule has 1 aromatic carbocycles. The number of esters is 1. The van der Waals surface area contributed by atoms with Crippen molar-refractivity contribution in [3.63, 3.8) is 0 Å². The van der Waals surface area contributed by atoms with Gasteiger partial charge >= 0.3 is 5.97 Å². The third kappa shape index (κ3) is 7.91. The molecule has 1 saturated heterocycles. The average molecular weight is 437 g/mol. The number of nitrogens with zero attached hydrogens (tertiary/aromatic N) is 2. The minimum absolute atomic E-state index is 0.113. The van der Waals surface area contributed by atoms with E-state index in [2.05, 4.69) is 26.6 Å². The van der Waals surface area contributed by atoms with E-state index >= 15 is 0 Å². The first-order chi connectivity index (χ1) is 15.1. The Bertz CT molecular complexity index is 707. The summed E-state index contributed by atoms with van der Waals surface area (Å²) in [7, 11) is 5.02. The van der Waals surface area contributed by atoms with E-state index in [9.17, 15) is 4.79 Å². The first-order valence-corrected chi connectivity index (χ1v) is 10.8. The third-order valence-electron chi connectivity index (χ3n) is 5.12. The molecular formula is C22H36N4O5. The number of morpholine rings is 1. The molecule has 31 heavy (non-hydrogen) atoms. The van der Waals surface area contributed by atoms with Gasteiger partial charge in [-0.25, -0.2) is 0 Å². The molecule has 1 aromatic rings. The van der Waals surface area contributed by atoms with Crippen LogP contribution in [0.25, 0.3) is 0 Å². The molecule has 9 heteroatoms. The van der Waals surface area contributed by atoms with E-state index in [1.807, 2.05) is 19.1 Å². The van der Waals surface area contributed by atoms with Crippen molar-refractivity contribution in [3.05, 3.63) is 23.8 Å². The Kier molecular flexibility index (Phi) is 10.9. The van der Waals surface area contributed by atoms with E-state index in [0.717, 1.165) is 18.7 Å². The monoisotopic (exact) mass is 436 g/mol. The Morgan fingerprint density at radius 2 is 1.94 bits per heavy atom. The second kappa shape index (κ2) is 13.7. The zero-order chi connectivity index (χ0) is 22.5. The van der Waals surface area contributed by atoms with Crippen molar-refractivity contribution < 1.29 is 23.7 Å². The Labute approximate surface area is 185 Å². The fraction of sp³-hybridized carbons (Fsp3) is 0.636. The molecule has 1 atom stereocenters. The lowest BCUT2D eigenvalue weighted by molar-refractivity contribution is -0.143. The predicted molar refractivity (Wildman–Crippen MR) is 120 cm³/mol. The number of ether oxygens (including phenoxy) is 4. The summed E-state index contributed by atoms with van der Waals surface area (Å²) >= 11 is 0. The maximum atomic E-state index is 11.5. The molecule has 0 spiro atoms. The number of carbonyl (C=O) groups excluding carboxylic acids is 1. The van der Waals surface area contributed by atoms with Crippen molar-refractivity contribution in [2.24, 2.45) is 4.99 Å². The number of carbonyl (C=O) groups is 1. The quantitative estimate of drug-likeness (QED) is 0.234. The molecule has 0 aromatic heterocycles. The molecule has 1 fully saturated rings. The van der Waals surface area contributed by atoms with Gasteiger partial charge in [0.1, 0.15) is 0 Å². The SMILES string of the molecule is CCOC(=O)CCCNC(=NC)NCC(c1ccc(OC)c(OC)c1)N1CCOCC1. The molecule has 0 radical (unpaired) electrons. The molecule has 0 saturated carbocycles. The third-order valence-corrected chi connectivity index (χ3v) is 5.12. The van der Waals surface area contributed by atoms with Gasteiger partial charge in [-0.05, 0) is 31.0 Å². The standard InChI is InChI=1S/C22H36N4O5/c1-5-31-21(27)7-6-10-24-22(23-2)25-16-18(26-11-13-30-14-12-26)17-8-9-19(28-3)20(15-17)29-4/h8-9,15,18H,5-7,10-14,16H2,1-4H3,(H2,23,24,25). The van der Waals surface area contributed by atoms with E-state index < -0.39 is 0 Å². The molecule has 1 aliphatic heterocycles. The fourth-order valence-electron chi connectivity index (χ4n) is 3.49. The largest absolute Gasteiger partial charge is 0.493 e. The molecule has 0 amide bonds. The number of aliphatic imine (C=N–C) groups is 1. The van der Waals surface area contributed by atoms with E-state index in [-0.39, 0.29) is 12.0 Å². The van der Waals surface area contributed by atoms with E-state index in [0.29, 0.717) is 63.2 Å². The summed E-state index contributed by atoms with van der Waals surface area (Å²) in [4.78, 5) is 18.2. The van der Waals surface area contributed by atoms with Gasteiger partial charge in [-0.3, -0.25) is 14.7 Å². The lowest BCUT2D eigenvalue weighted by Crippen LogP contribution is -2.46. The van der Waals surface area contributed by atoms with Crippen LogP contribution in [-0.4, -0.2) is 84.1 Å². The first-order valence-electron chi connectivity index (χ1n) is 10.8. The van der Waals surface area contributed by atoms with Gasteiger partial charge in [0.05, 0.1) is 40.1 Å². The summed E-state index contributed by atoms with van der Waals surface area (Å²) < 4.78 is 21.4. The van der Waals surface area contributed by atoms with Crippen molar-refractivity contribution in [1.82, 2.24) is 15.5 Å². The number of benzene rings is 1. The van der Waals surface area contributed by atoms with E-state index in [4.69, 9.17) is 18.9 Å². The second-order valence-corrected chi connectivity index (χ2v) is 7.07. The molecule has 9 nitrogen and oxygen atoms in total. The highest BCUT2D eigenvalue weighted by atomic mass is 16.5. The highest BCUT2D eigenvalue weighted by Gasteiger charge is 2.24. The van der Waals surface area contributed by atoms with Crippen LogP contribution in [0.5, 0.6) is 11.5 Å². The van der Waals surface area contributed by atoms with E-state index in [1.54, 1.807) is 21.3 Å². The van der Waals surface area contributed by atoms with Gasteiger partial charge in [0.25, 0.3) is 0 Å². The van der Waals surface area contributed by atoms with Gasteiger partial charge in [-0.2, -0.15) is 0 Å². The number of methoxy groups -OCH3 is 2. The van der Waals surface area contributed by atoms with Gasteiger partial charge in [0, 0.05) is 39.6 Å². The molecule has 0 aliphatic carbocycles. The molecule has 1 unspecified atom stereocenters. The van der Waals surface area contributed by atoms with Gasteiger partial charge in [0.15, 0.2) is 17.5 Å². The van der Waals surface area contributed by atoms with Crippen molar-refractivity contribution in [3.8, 4) is 11.5 Å². The molecule has 0 bridgehead atoms. The molecule has 2 N–H and O–H groups in total. The average Bonchev–Trinajstić information content (AvgIpc) is 2.81. The number of guanidine groups is 1. The van der Waals surface area contributed by atoms with Crippen LogP contribution in [0.4, 0.5) is 0 Å². The Balaban J connectivity index is 2.00. The van der Waals surface area contributed by atoms with Crippen molar-refractivity contribution in [1.29, 1.82) is 0 Å². The number of nitrogens with one attached hydrogen (secondary N) is 2. The summed E-state index contributed by atoms with van der Waals surface area (Å²) in [6.45, 7) is 6.65. The zero-order valence-electron chi connectivity index (χ0n) is 19.1. The van der Waals surface area contributed by atoms with Crippen LogP contribution in [0.15, 0.2) is 23.2 Å². The van der Waals surface area contributed by atoms with E-state index in [1.165, 1.54) is 0 Å². The summed E-state index contributed by atoms with van der Waals surface area (Å²) in [6, 6.07) is 6.14. The van der Waals surface area contributed by atoms with Crippen molar-refractivity contribution in [2.75, 3.05) is 67.3 Å². The van der Waals surface area contributed by atoms with Crippen LogP contribution in [-0.2, 0) is 14.3 Å². The van der Waals surface area contributed by atoms with Crippen LogP contribution in [0.2, 0.25) is 0 Å². The maximum absolute atomic E-state index is 11.5. The van der Waals surface area contributed by atoms with Gasteiger partial charge < -0.3 is 29.6 Å². The van der Waals surface area contributed by atoms with Crippen LogP contribution < -0.4 is 20.1 Å². The molecule has 1 aliphatic rings. The molecule has 1 heterocycles. The maximum Gasteiger partial charge on any atom is 0.305 e. The minimum Gasteiger partial charge on any atom is -0.493 e. The zero-order valence-corrected chi connectivity index (χ0v) is 19.1. The first kappa shape index (κ1) is 24.7.